The first-order valence-corrected chi connectivity index (χ1v) is 7.68. The fraction of sp³-hybridized carbons (Fsp3) is 0.417. The Morgan fingerprint density at radius 3 is 2.56 bits per heavy atom. The number of carbonyl (C=O) groups excluding carboxylic acids is 1. The van der Waals surface area contributed by atoms with Crippen molar-refractivity contribution in [3.63, 3.8) is 0 Å². The Hall–Kier alpha value is -1.56. The van der Waals surface area contributed by atoms with Crippen molar-refractivity contribution in [2.24, 2.45) is 0 Å². The third-order valence-electron chi connectivity index (χ3n) is 2.38. The lowest BCUT2D eigenvalue weighted by Crippen LogP contribution is -2.29. The van der Waals surface area contributed by atoms with Gasteiger partial charge in [0.15, 0.2) is 9.84 Å². The topological polar surface area (TPSA) is 75.3 Å². The van der Waals surface area contributed by atoms with Gasteiger partial charge in [-0.3, -0.25) is 15.6 Å². The van der Waals surface area contributed by atoms with Crippen LogP contribution in [0.15, 0.2) is 29.2 Å². The molecule has 2 N–H and O–H groups in total. The van der Waals surface area contributed by atoms with E-state index in [9.17, 15) is 13.2 Å². The van der Waals surface area contributed by atoms with E-state index < -0.39 is 9.84 Å². The zero-order chi connectivity index (χ0) is 13.6. The summed E-state index contributed by atoms with van der Waals surface area (Å²) in [6.07, 6.45) is 3.30. The highest BCUT2D eigenvalue weighted by Gasteiger charge is 2.12. The highest BCUT2D eigenvalue weighted by molar-refractivity contribution is 7.90. The van der Waals surface area contributed by atoms with Crippen molar-refractivity contribution in [2.75, 3.05) is 11.7 Å². The summed E-state index contributed by atoms with van der Waals surface area (Å²) in [5.41, 5.74) is 5.52. The third kappa shape index (κ3) is 4.37. The lowest BCUT2D eigenvalue weighted by Gasteiger charge is -2.11. The number of sulfone groups is 1. The van der Waals surface area contributed by atoms with Gasteiger partial charge in [-0.25, -0.2) is 8.42 Å². The first-order chi connectivity index (χ1) is 8.45. The van der Waals surface area contributed by atoms with Crippen LogP contribution in [0.2, 0.25) is 0 Å². The second-order valence-corrected chi connectivity index (χ2v) is 6.03. The summed E-state index contributed by atoms with van der Waals surface area (Å²) in [6, 6.07) is 6.45. The molecule has 0 aliphatic rings. The Morgan fingerprint density at radius 2 is 1.94 bits per heavy atom. The predicted octanol–water partition coefficient (Wildman–Crippen LogP) is 1.72. The molecule has 0 saturated heterocycles. The number of nitrogens with one attached hydrogen (secondary N) is 2. The van der Waals surface area contributed by atoms with E-state index in [-0.39, 0.29) is 10.8 Å². The summed E-state index contributed by atoms with van der Waals surface area (Å²) in [4.78, 5) is 11.6. The number of carbonyl (C=O) groups is 1. The van der Waals surface area contributed by atoms with Crippen LogP contribution in [0.5, 0.6) is 0 Å². The molecule has 0 unspecified atom stereocenters. The fourth-order valence-corrected chi connectivity index (χ4v) is 2.27. The third-order valence-corrected chi connectivity index (χ3v) is 3.54. The van der Waals surface area contributed by atoms with Crippen LogP contribution in [0.4, 0.5) is 5.69 Å². The van der Waals surface area contributed by atoms with Gasteiger partial charge in [0, 0.05) is 12.7 Å². The summed E-state index contributed by atoms with van der Waals surface area (Å²) < 4.78 is 23.0. The molecule has 0 bridgehead atoms. The molecular weight excluding hydrogens is 252 g/mol. The molecule has 1 rings (SSSR count). The van der Waals surface area contributed by atoms with Gasteiger partial charge in [-0.15, -0.1) is 0 Å². The fourth-order valence-electron chi connectivity index (χ4n) is 1.43. The molecule has 1 aromatic rings. The highest BCUT2D eigenvalue weighted by atomic mass is 32.2. The van der Waals surface area contributed by atoms with Gasteiger partial charge >= 0.3 is 0 Å². The maximum Gasteiger partial charge on any atom is 0.238 e. The number of rotatable bonds is 6. The van der Waals surface area contributed by atoms with Crippen LogP contribution in [0.25, 0.3) is 0 Å². The van der Waals surface area contributed by atoms with E-state index in [1.165, 1.54) is 6.07 Å². The smallest absolute Gasteiger partial charge is 0.238 e. The minimum atomic E-state index is -3.31. The molecule has 0 aromatic heterocycles. The van der Waals surface area contributed by atoms with E-state index >= 15 is 0 Å². The Kier molecular flexibility index (Phi) is 5.15. The number of hydrogen-bond donors (Lipinski definition) is 2. The molecule has 6 heteroatoms. The van der Waals surface area contributed by atoms with E-state index in [2.05, 4.69) is 10.9 Å². The standard InChI is InChI=1S/C12H18N2O3S/c1-3-4-9-12(15)14-13-10-7-5-6-8-11(10)18(2,16)17/h5-8,13H,3-4,9H2,1-2H3,(H,14,15). The quantitative estimate of drug-likeness (QED) is 0.772. The minimum Gasteiger partial charge on any atom is -0.297 e. The molecule has 0 fully saturated rings. The van der Waals surface area contributed by atoms with E-state index in [1.807, 2.05) is 6.92 Å². The minimum absolute atomic E-state index is 0.153. The second kappa shape index (κ2) is 6.39. The molecule has 1 aromatic carbocycles. The van der Waals surface area contributed by atoms with Gasteiger partial charge in [-0.1, -0.05) is 25.5 Å². The van der Waals surface area contributed by atoms with Crippen LogP contribution in [-0.4, -0.2) is 20.6 Å². The molecule has 0 aliphatic carbocycles. The van der Waals surface area contributed by atoms with Crippen molar-refractivity contribution in [2.45, 2.75) is 31.1 Å². The molecule has 5 nitrogen and oxygen atoms in total. The van der Waals surface area contributed by atoms with Crippen molar-refractivity contribution in [3.05, 3.63) is 24.3 Å². The lowest BCUT2D eigenvalue weighted by molar-refractivity contribution is -0.120. The van der Waals surface area contributed by atoms with E-state index in [4.69, 9.17) is 0 Å². The van der Waals surface area contributed by atoms with Crippen LogP contribution in [0, 0.1) is 0 Å². The number of unbranched alkanes of at least 4 members (excludes halogenated alkanes) is 1. The SMILES string of the molecule is CCCCC(=O)NNc1ccccc1S(C)(=O)=O. The normalized spacial score (nSPS) is 11.0. The van der Waals surface area contributed by atoms with Crippen LogP contribution < -0.4 is 10.9 Å². The van der Waals surface area contributed by atoms with Crippen molar-refractivity contribution >= 4 is 21.4 Å². The van der Waals surface area contributed by atoms with Crippen molar-refractivity contribution < 1.29 is 13.2 Å². The summed E-state index contributed by atoms with van der Waals surface area (Å²) in [5, 5.41) is 0. The van der Waals surface area contributed by atoms with Gasteiger partial charge in [0.05, 0.1) is 10.6 Å². The van der Waals surface area contributed by atoms with Crippen molar-refractivity contribution in [1.82, 2.24) is 5.43 Å². The van der Waals surface area contributed by atoms with Crippen molar-refractivity contribution in [1.29, 1.82) is 0 Å². The van der Waals surface area contributed by atoms with Gasteiger partial charge in [0.25, 0.3) is 0 Å². The second-order valence-electron chi connectivity index (χ2n) is 4.05. The van der Waals surface area contributed by atoms with Crippen LogP contribution in [-0.2, 0) is 14.6 Å². The number of hydrazine groups is 1. The van der Waals surface area contributed by atoms with Crippen LogP contribution in [0.3, 0.4) is 0 Å². The average molecular weight is 270 g/mol. The number of benzene rings is 1. The average Bonchev–Trinajstić information content (AvgIpc) is 2.33. The molecule has 0 heterocycles. The molecule has 0 spiro atoms. The molecule has 1 amide bonds. The monoisotopic (exact) mass is 270 g/mol. The van der Waals surface area contributed by atoms with Gasteiger partial charge in [-0.05, 0) is 18.6 Å². The van der Waals surface area contributed by atoms with E-state index in [0.29, 0.717) is 12.1 Å². The number of para-hydroxylation sites is 1. The first-order valence-electron chi connectivity index (χ1n) is 5.79. The lowest BCUT2D eigenvalue weighted by atomic mass is 10.2. The summed E-state index contributed by atoms with van der Waals surface area (Å²) in [6.45, 7) is 2.00. The zero-order valence-corrected chi connectivity index (χ0v) is 11.4. The predicted molar refractivity (Wildman–Crippen MR) is 70.8 cm³/mol. The zero-order valence-electron chi connectivity index (χ0n) is 10.6. The van der Waals surface area contributed by atoms with Gasteiger partial charge < -0.3 is 0 Å². The summed E-state index contributed by atoms with van der Waals surface area (Å²) in [5.74, 6) is -0.153. The molecule has 0 radical (unpaired) electrons. The van der Waals surface area contributed by atoms with Crippen molar-refractivity contribution in [3.8, 4) is 0 Å². The maximum absolute atomic E-state index is 11.5. The number of hydrogen-bond acceptors (Lipinski definition) is 4. The Balaban J connectivity index is 2.71. The Morgan fingerprint density at radius 1 is 1.28 bits per heavy atom. The van der Waals surface area contributed by atoms with Crippen LogP contribution >= 0.6 is 0 Å². The number of anilines is 1. The molecule has 0 atom stereocenters. The van der Waals surface area contributed by atoms with Gasteiger partial charge in [-0.2, -0.15) is 0 Å². The van der Waals surface area contributed by atoms with E-state index in [0.717, 1.165) is 19.1 Å². The highest BCUT2D eigenvalue weighted by Crippen LogP contribution is 2.19. The number of amides is 1. The molecular formula is C12H18N2O3S. The summed E-state index contributed by atoms with van der Waals surface area (Å²) >= 11 is 0. The first kappa shape index (κ1) is 14.5. The molecule has 100 valence electrons. The largest absolute Gasteiger partial charge is 0.297 e. The summed E-state index contributed by atoms with van der Waals surface area (Å²) in [7, 11) is -3.31. The van der Waals surface area contributed by atoms with Gasteiger partial charge in [0.2, 0.25) is 5.91 Å². The Bertz CT molecular complexity index is 512. The molecule has 0 aliphatic heterocycles. The van der Waals surface area contributed by atoms with Crippen LogP contribution in [0.1, 0.15) is 26.2 Å². The van der Waals surface area contributed by atoms with E-state index in [1.54, 1.807) is 18.2 Å². The molecule has 18 heavy (non-hydrogen) atoms. The Labute approximate surface area is 107 Å². The molecule has 0 saturated carbocycles. The maximum atomic E-state index is 11.5. The van der Waals surface area contributed by atoms with Gasteiger partial charge in [0.1, 0.15) is 0 Å².